The van der Waals surface area contributed by atoms with E-state index in [2.05, 4.69) is 0 Å². The zero-order valence-electron chi connectivity index (χ0n) is 7.36. The van der Waals surface area contributed by atoms with Crippen LogP contribution >= 0.6 is 23.2 Å². The maximum atomic E-state index is 9.08. The Morgan fingerprint density at radius 3 is 2.08 bits per heavy atom. The van der Waals surface area contributed by atoms with Gasteiger partial charge < -0.3 is 5.11 Å². The predicted octanol–water partition coefficient (Wildman–Crippen LogP) is 4.03. The first-order chi connectivity index (χ1) is 5.63. The molecule has 0 aliphatic carbocycles. The Morgan fingerprint density at radius 2 is 1.67 bits per heavy atom. The number of phenolic OH excluding ortho intramolecular Hbond substituents is 1. The highest BCUT2D eigenvalue weighted by molar-refractivity contribution is 6.42. The highest BCUT2D eigenvalue weighted by Crippen LogP contribution is 2.30. The molecule has 0 spiro atoms. The minimum absolute atomic E-state index is 0.175. The minimum atomic E-state index is 0.175. The van der Waals surface area contributed by atoms with E-state index in [9.17, 15) is 0 Å². The Hall–Kier alpha value is -0.400. The van der Waals surface area contributed by atoms with Gasteiger partial charge in [0.15, 0.2) is 0 Å². The fourth-order valence-corrected chi connectivity index (χ4v) is 1.01. The summed E-state index contributed by atoms with van der Waals surface area (Å²) >= 11 is 11.3. The van der Waals surface area contributed by atoms with E-state index in [0.29, 0.717) is 15.6 Å². The number of aromatic hydroxyl groups is 1. The molecule has 0 radical (unpaired) electrons. The van der Waals surface area contributed by atoms with Crippen molar-refractivity contribution in [3.05, 3.63) is 27.7 Å². The van der Waals surface area contributed by atoms with Crippen molar-refractivity contribution in [2.75, 3.05) is 0 Å². The molecule has 68 valence electrons. The molecular weight excluding hydrogens is 195 g/mol. The zero-order chi connectivity index (χ0) is 9.72. The summed E-state index contributed by atoms with van der Waals surface area (Å²) in [5.41, 5.74) is 0.620. The van der Waals surface area contributed by atoms with Gasteiger partial charge in [0.05, 0.1) is 10.0 Å². The van der Waals surface area contributed by atoms with E-state index in [-0.39, 0.29) is 5.75 Å². The van der Waals surface area contributed by atoms with Crippen LogP contribution in [0.3, 0.4) is 0 Å². The summed E-state index contributed by atoms with van der Waals surface area (Å²) in [6, 6.07) is 3.08. The van der Waals surface area contributed by atoms with Gasteiger partial charge in [-0.15, -0.1) is 0 Å². The lowest BCUT2D eigenvalue weighted by atomic mass is 10.2. The molecule has 0 saturated carbocycles. The van der Waals surface area contributed by atoms with Gasteiger partial charge in [-0.05, 0) is 19.1 Å². The van der Waals surface area contributed by atoms with Crippen molar-refractivity contribution in [2.24, 2.45) is 0 Å². The van der Waals surface area contributed by atoms with Gasteiger partial charge in [0.25, 0.3) is 0 Å². The van der Waals surface area contributed by atoms with Gasteiger partial charge in [0.1, 0.15) is 5.75 Å². The molecule has 3 heteroatoms. The van der Waals surface area contributed by atoms with Crippen molar-refractivity contribution in [3.8, 4) is 5.75 Å². The average molecular weight is 207 g/mol. The van der Waals surface area contributed by atoms with Gasteiger partial charge in [-0.1, -0.05) is 37.0 Å². The van der Waals surface area contributed by atoms with Crippen molar-refractivity contribution in [1.29, 1.82) is 0 Å². The first kappa shape index (κ1) is 11.6. The van der Waals surface area contributed by atoms with Crippen LogP contribution in [-0.4, -0.2) is 5.11 Å². The van der Waals surface area contributed by atoms with Crippen LogP contribution in [0.25, 0.3) is 0 Å². The molecule has 1 nitrogen and oxygen atoms in total. The van der Waals surface area contributed by atoms with Gasteiger partial charge in [-0.2, -0.15) is 0 Å². The Balaban J connectivity index is 0.000000561. The molecule has 0 bridgehead atoms. The molecule has 0 saturated heterocycles. The minimum Gasteiger partial charge on any atom is -0.508 e. The summed E-state index contributed by atoms with van der Waals surface area (Å²) in [6.07, 6.45) is 0. The highest BCUT2D eigenvalue weighted by atomic mass is 35.5. The second kappa shape index (κ2) is 5.28. The van der Waals surface area contributed by atoms with E-state index >= 15 is 0 Å². The number of hydrogen-bond donors (Lipinski definition) is 1. The van der Waals surface area contributed by atoms with Crippen molar-refractivity contribution < 1.29 is 5.11 Å². The van der Waals surface area contributed by atoms with Gasteiger partial charge in [0.2, 0.25) is 0 Å². The van der Waals surface area contributed by atoms with Crippen LogP contribution in [0, 0.1) is 6.92 Å². The fourth-order valence-electron chi connectivity index (χ4n) is 0.642. The molecule has 0 atom stereocenters. The van der Waals surface area contributed by atoms with E-state index in [1.807, 2.05) is 13.8 Å². The van der Waals surface area contributed by atoms with Crippen molar-refractivity contribution in [3.63, 3.8) is 0 Å². The Labute approximate surface area is 82.9 Å². The molecule has 1 N–H and O–H groups in total. The Morgan fingerprint density at radius 1 is 1.17 bits per heavy atom. The first-order valence-electron chi connectivity index (χ1n) is 3.76. The van der Waals surface area contributed by atoms with Crippen LogP contribution in [0.4, 0.5) is 0 Å². The molecule has 1 aromatic carbocycles. The fraction of sp³-hybridized carbons (Fsp3) is 0.333. The van der Waals surface area contributed by atoms with Crippen molar-refractivity contribution >= 4 is 23.2 Å². The topological polar surface area (TPSA) is 20.2 Å². The quantitative estimate of drug-likeness (QED) is 0.680. The number of rotatable bonds is 0. The van der Waals surface area contributed by atoms with Crippen LogP contribution in [0.15, 0.2) is 12.1 Å². The normalized spacial score (nSPS) is 8.75. The molecule has 0 fully saturated rings. The third-order valence-corrected chi connectivity index (χ3v) is 2.21. The Kier molecular flexibility index (Phi) is 5.11. The molecule has 0 aliphatic rings. The second-order valence-corrected chi connectivity index (χ2v) is 2.79. The number of benzene rings is 1. The lowest BCUT2D eigenvalue weighted by Crippen LogP contribution is -1.76. The van der Waals surface area contributed by atoms with Crippen molar-refractivity contribution in [1.82, 2.24) is 0 Å². The summed E-state index contributed by atoms with van der Waals surface area (Å²) in [4.78, 5) is 0. The maximum absolute atomic E-state index is 9.08. The summed E-state index contributed by atoms with van der Waals surface area (Å²) in [6.45, 7) is 5.71. The highest BCUT2D eigenvalue weighted by Gasteiger charge is 2.03. The third kappa shape index (κ3) is 2.58. The largest absolute Gasteiger partial charge is 0.508 e. The Bertz CT molecular complexity index is 232. The third-order valence-electron chi connectivity index (χ3n) is 1.31. The molecule has 0 amide bonds. The summed E-state index contributed by atoms with van der Waals surface area (Å²) in [5.74, 6) is 0.175. The average Bonchev–Trinajstić information content (AvgIpc) is 2.12. The molecule has 0 aliphatic heterocycles. The van der Waals surface area contributed by atoms with Crippen LogP contribution < -0.4 is 0 Å². The van der Waals surface area contributed by atoms with E-state index < -0.39 is 0 Å². The molecule has 0 aromatic heterocycles. The van der Waals surface area contributed by atoms with Crippen LogP contribution in [0.2, 0.25) is 10.0 Å². The summed E-state index contributed by atoms with van der Waals surface area (Å²) in [7, 11) is 0. The molecule has 12 heavy (non-hydrogen) atoms. The first-order valence-corrected chi connectivity index (χ1v) is 4.52. The zero-order valence-corrected chi connectivity index (χ0v) is 8.87. The van der Waals surface area contributed by atoms with Gasteiger partial charge in [0, 0.05) is 5.56 Å². The molecule has 1 rings (SSSR count). The van der Waals surface area contributed by atoms with E-state index in [1.54, 1.807) is 13.0 Å². The molecule has 0 unspecified atom stereocenters. The molecular formula is C9H12Cl2O. The van der Waals surface area contributed by atoms with Crippen LogP contribution in [0.5, 0.6) is 5.75 Å². The monoisotopic (exact) mass is 206 g/mol. The van der Waals surface area contributed by atoms with Crippen molar-refractivity contribution in [2.45, 2.75) is 20.8 Å². The molecule has 1 aromatic rings. The van der Waals surface area contributed by atoms with Crippen LogP contribution in [-0.2, 0) is 0 Å². The smallest absolute Gasteiger partial charge is 0.120 e. The van der Waals surface area contributed by atoms with Gasteiger partial charge in [-0.25, -0.2) is 0 Å². The standard InChI is InChI=1S/C7H6Cl2O.C2H6/c1-4-6(10)3-2-5(8)7(4)9;1-2/h2-3,10H,1H3;1-2H3. The molecule has 0 heterocycles. The summed E-state index contributed by atoms with van der Waals surface area (Å²) < 4.78 is 0. The van der Waals surface area contributed by atoms with Crippen LogP contribution in [0.1, 0.15) is 19.4 Å². The lowest BCUT2D eigenvalue weighted by Gasteiger charge is -2.01. The SMILES string of the molecule is CC.Cc1c(O)ccc(Cl)c1Cl. The predicted molar refractivity (Wildman–Crippen MR) is 54.2 cm³/mol. The van der Waals surface area contributed by atoms with Gasteiger partial charge >= 0.3 is 0 Å². The second-order valence-electron chi connectivity index (χ2n) is 2.01. The number of phenols is 1. The van der Waals surface area contributed by atoms with E-state index in [4.69, 9.17) is 28.3 Å². The van der Waals surface area contributed by atoms with E-state index in [0.717, 1.165) is 0 Å². The van der Waals surface area contributed by atoms with Gasteiger partial charge in [-0.3, -0.25) is 0 Å². The maximum Gasteiger partial charge on any atom is 0.120 e. The van der Waals surface area contributed by atoms with E-state index in [1.165, 1.54) is 6.07 Å². The number of halogens is 2. The summed E-state index contributed by atoms with van der Waals surface area (Å²) in [5, 5.41) is 9.97. The number of hydrogen-bond acceptors (Lipinski definition) is 1. The lowest BCUT2D eigenvalue weighted by molar-refractivity contribution is 0.471.